The number of aliphatic hydroxyl groups excluding tert-OH is 1. The Morgan fingerprint density at radius 1 is 0.913 bits per heavy atom. The molecule has 0 saturated heterocycles. The highest BCUT2D eigenvalue weighted by molar-refractivity contribution is 5.66. The van der Waals surface area contributed by atoms with Gasteiger partial charge >= 0.3 is 5.97 Å². The van der Waals surface area contributed by atoms with Gasteiger partial charge in [-0.05, 0) is 44.9 Å². The quantitative estimate of drug-likeness (QED) is 0.229. The number of ether oxygens (including phenoxy) is 1. The van der Waals surface area contributed by atoms with Crippen molar-refractivity contribution in [1.82, 2.24) is 0 Å². The molecule has 0 amide bonds. The van der Waals surface area contributed by atoms with Gasteiger partial charge in [0.15, 0.2) is 0 Å². The van der Waals surface area contributed by atoms with E-state index in [9.17, 15) is 4.79 Å². The molecule has 0 saturated carbocycles. The molecule has 3 nitrogen and oxygen atoms in total. The average molecular weight is 327 g/mol. The number of esters is 1. The minimum atomic E-state index is -0.162. The maximum absolute atomic E-state index is 11.2. The van der Waals surface area contributed by atoms with Gasteiger partial charge < -0.3 is 9.84 Å². The van der Waals surface area contributed by atoms with Crippen molar-refractivity contribution in [2.45, 2.75) is 103 Å². The van der Waals surface area contributed by atoms with Crippen molar-refractivity contribution in [2.75, 3.05) is 6.61 Å². The Morgan fingerprint density at radius 2 is 1.57 bits per heavy atom. The van der Waals surface area contributed by atoms with Crippen molar-refractivity contribution in [3.8, 4) is 0 Å². The second-order valence-electron chi connectivity index (χ2n) is 6.41. The molecule has 3 heteroatoms. The lowest BCUT2D eigenvalue weighted by molar-refractivity contribution is -0.146. The van der Waals surface area contributed by atoms with Crippen LogP contribution < -0.4 is 0 Å². The number of hydrogen-bond acceptors (Lipinski definition) is 3. The molecule has 1 atom stereocenters. The topological polar surface area (TPSA) is 46.5 Å². The van der Waals surface area contributed by atoms with Crippen molar-refractivity contribution in [2.24, 2.45) is 0 Å². The van der Waals surface area contributed by atoms with Crippen LogP contribution in [0.2, 0.25) is 0 Å². The van der Waals surface area contributed by atoms with Crippen LogP contribution in [0, 0.1) is 0 Å². The number of carbonyl (C=O) groups is 1. The molecule has 0 bridgehead atoms. The number of hydrogen-bond donors (Lipinski definition) is 1. The second kappa shape index (κ2) is 17.5. The smallest absolute Gasteiger partial charge is 0.302 e. The molecule has 0 aliphatic carbocycles. The lowest BCUT2D eigenvalue weighted by Gasteiger charge is -2.16. The standard InChI is InChI=1S/C20H38O3/c1-3-4-5-6-7-10-13-16-20(23-19(2)22)17-14-11-8-9-12-15-18-21/h7,10,20-21H,3-6,8-9,11-18H2,1-2H3/b10-7+/t20-/m0/s1. The molecule has 23 heavy (non-hydrogen) atoms. The molecular formula is C20H38O3. The third-order valence-electron chi connectivity index (χ3n) is 4.06. The SMILES string of the molecule is CCCCC/C=C/CC[C@@H](CCCCCCCCO)OC(C)=O. The van der Waals surface area contributed by atoms with Gasteiger partial charge in [-0.15, -0.1) is 0 Å². The molecule has 0 aliphatic heterocycles. The number of allylic oxidation sites excluding steroid dienone is 2. The van der Waals surface area contributed by atoms with E-state index in [2.05, 4.69) is 19.1 Å². The lowest BCUT2D eigenvalue weighted by atomic mass is 10.0. The third-order valence-corrected chi connectivity index (χ3v) is 4.06. The summed E-state index contributed by atoms with van der Waals surface area (Å²) in [7, 11) is 0. The summed E-state index contributed by atoms with van der Waals surface area (Å²) in [6.45, 7) is 4.03. The summed E-state index contributed by atoms with van der Waals surface area (Å²) in [5, 5.41) is 8.73. The summed E-state index contributed by atoms with van der Waals surface area (Å²) in [5.74, 6) is -0.162. The van der Waals surface area contributed by atoms with Gasteiger partial charge in [0.05, 0.1) is 0 Å². The zero-order valence-electron chi connectivity index (χ0n) is 15.4. The monoisotopic (exact) mass is 326 g/mol. The summed E-state index contributed by atoms with van der Waals surface area (Å²) >= 11 is 0. The fourth-order valence-corrected chi connectivity index (χ4v) is 2.72. The molecule has 1 N–H and O–H groups in total. The van der Waals surface area contributed by atoms with Crippen LogP contribution in [0.25, 0.3) is 0 Å². The molecule has 0 heterocycles. The van der Waals surface area contributed by atoms with E-state index in [1.165, 1.54) is 51.9 Å². The number of carbonyl (C=O) groups excluding carboxylic acids is 1. The molecule has 136 valence electrons. The molecule has 0 spiro atoms. The molecule has 0 radical (unpaired) electrons. The highest BCUT2D eigenvalue weighted by Gasteiger charge is 2.10. The number of unbranched alkanes of at least 4 members (excludes halogenated alkanes) is 8. The third kappa shape index (κ3) is 17.4. The molecule has 0 aromatic rings. The maximum Gasteiger partial charge on any atom is 0.302 e. The minimum Gasteiger partial charge on any atom is -0.463 e. The molecule has 0 rings (SSSR count). The van der Waals surface area contributed by atoms with Crippen molar-refractivity contribution in [3.05, 3.63) is 12.2 Å². The Kier molecular flexibility index (Phi) is 16.9. The van der Waals surface area contributed by atoms with E-state index in [1.54, 1.807) is 0 Å². The fourth-order valence-electron chi connectivity index (χ4n) is 2.72. The Balaban J connectivity index is 3.74. The average Bonchev–Trinajstić information content (AvgIpc) is 2.52. The molecule has 0 fully saturated rings. The Labute approximate surface area is 143 Å². The van der Waals surface area contributed by atoms with Crippen LogP contribution in [0.5, 0.6) is 0 Å². The predicted octanol–water partition coefficient (Wildman–Crippen LogP) is 5.56. The highest BCUT2D eigenvalue weighted by atomic mass is 16.5. The largest absolute Gasteiger partial charge is 0.463 e. The highest BCUT2D eigenvalue weighted by Crippen LogP contribution is 2.15. The maximum atomic E-state index is 11.2. The first-order valence-corrected chi connectivity index (χ1v) is 9.63. The van der Waals surface area contributed by atoms with Gasteiger partial charge in [-0.1, -0.05) is 57.6 Å². The van der Waals surface area contributed by atoms with Crippen LogP contribution in [-0.4, -0.2) is 23.8 Å². The minimum absolute atomic E-state index is 0.0743. The zero-order chi connectivity index (χ0) is 17.2. The first-order valence-electron chi connectivity index (χ1n) is 9.63. The second-order valence-corrected chi connectivity index (χ2v) is 6.41. The van der Waals surface area contributed by atoms with E-state index >= 15 is 0 Å². The van der Waals surface area contributed by atoms with Gasteiger partial charge in [0, 0.05) is 13.5 Å². The van der Waals surface area contributed by atoms with Crippen molar-refractivity contribution < 1.29 is 14.6 Å². The normalized spacial score (nSPS) is 12.7. The number of aliphatic hydroxyl groups is 1. The van der Waals surface area contributed by atoms with Gasteiger partial charge in [0.1, 0.15) is 6.10 Å². The van der Waals surface area contributed by atoms with Crippen LogP contribution in [-0.2, 0) is 9.53 Å². The molecule has 0 unspecified atom stereocenters. The van der Waals surface area contributed by atoms with E-state index < -0.39 is 0 Å². The van der Waals surface area contributed by atoms with Gasteiger partial charge in [0.2, 0.25) is 0 Å². The van der Waals surface area contributed by atoms with E-state index in [4.69, 9.17) is 9.84 Å². The summed E-state index contributed by atoms with van der Waals surface area (Å²) in [4.78, 5) is 11.2. The first-order chi connectivity index (χ1) is 11.2. The van der Waals surface area contributed by atoms with Gasteiger partial charge in [0.25, 0.3) is 0 Å². The van der Waals surface area contributed by atoms with Crippen LogP contribution in [0.15, 0.2) is 12.2 Å². The summed E-state index contributed by atoms with van der Waals surface area (Å²) in [5.41, 5.74) is 0. The number of rotatable bonds is 16. The summed E-state index contributed by atoms with van der Waals surface area (Å²) in [6.07, 6.45) is 19.3. The zero-order valence-corrected chi connectivity index (χ0v) is 15.4. The van der Waals surface area contributed by atoms with Gasteiger partial charge in [-0.25, -0.2) is 0 Å². The molecular weight excluding hydrogens is 288 g/mol. The Bertz CT molecular complexity index is 287. The molecule has 0 aromatic heterocycles. The van der Waals surface area contributed by atoms with Crippen LogP contribution in [0.3, 0.4) is 0 Å². The van der Waals surface area contributed by atoms with E-state index in [0.29, 0.717) is 6.61 Å². The van der Waals surface area contributed by atoms with Crippen molar-refractivity contribution in [1.29, 1.82) is 0 Å². The van der Waals surface area contributed by atoms with Crippen molar-refractivity contribution >= 4 is 5.97 Å². The first kappa shape index (κ1) is 22.2. The van der Waals surface area contributed by atoms with Crippen LogP contribution >= 0.6 is 0 Å². The Hall–Kier alpha value is -0.830. The summed E-state index contributed by atoms with van der Waals surface area (Å²) < 4.78 is 5.43. The van der Waals surface area contributed by atoms with Gasteiger partial charge in [-0.2, -0.15) is 0 Å². The predicted molar refractivity (Wildman–Crippen MR) is 97.5 cm³/mol. The molecule has 0 aliphatic rings. The summed E-state index contributed by atoms with van der Waals surface area (Å²) in [6, 6.07) is 0. The Morgan fingerprint density at radius 3 is 2.22 bits per heavy atom. The molecule has 0 aromatic carbocycles. The van der Waals surface area contributed by atoms with E-state index in [1.807, 2.05) is 0 Å². The lowest BCUT2D eigenvalue weighted by Crippen LogP contribution is -2.16. The van der Waals surface area contributed by atoms with E-state index in [0.717, 1.165) is 38.5 Å². The van der Waals surface area contributed by atoms with E-state index in [-0.39, 0.29) is 12.1 Å². The van der Waals surface area contributed by atoms with Gasteiger partial charge in [-0.3, -0.25) is 4.79 Å². The fraction of sp³-hybridized carbons (Fsp3) is 0.850. The van der Waals surface area contributed by atoms with Crippen LogP contribution in [0.1, 0.15) is 97.3 Å². The van der Waals surface area contributed by atoms with Crippen molar-refractivity contribution in [3.63, 3.8) is 0 Å². The van der Waals surface area contributed by atoms with Crippen LogP contribution in [0.4, 0.5) is 0 Å².